The largest absolute Gasteiger partial charge is 0.399 e. The Morgan fingerprint density at radius 1 is 1.54 bits per heavy atom. The van der Waals surface area contributed by atoms with Crippen molar-refractivity contribution in [2.45, 2.75) is 12.3 Å². The van der Waals surface area contributed by atoms with E-state index in [1.54, 1.807) is 0 Å². The molecule has 13 heavy (non-hydrogen) atoms. The lowest BCUT2D eigenvalue weighted by Crippen LogP contribution is -2.03. The van der Waals surface area contributed by atoms with Crippen LogP contribution in [0.2, 0.25) is 0 Å². The summed E-state index contributed by atoms with van der Waals surface area (Å²) in [5, 5.41) is 12.2. The van der Waals surface area contributed by atoms with Crippen LogP contribution in [0.15, 0.2) is 18.2 Å². The fraction of sp³-hybridized carbons (Fsp3) is 0.400. The molecule has 1 aromatic carbocycles. The molecule has 4 N–H and O–H groups in total. The normalized spacial score (nSPS) is 19.6. The lowest BCUT2D eigenvalue weighted by molar-refractivity contribution is 0.278. The molecular formula is C10H14N2O. The minimum atomic E-state index is 0.237. The molecule has 0 bridgehead atoms. The SMILES string of the molecule is Nc1ccc2c(c1)C(CCO)CN2. The summed E-state index contributed by atoms with van der Waals surface area (Å²) < 4.78 is 0. The highest BCUT2D eigenvalue weighted by atomic mass is 16.3. The van der Waals surface area contributed by atoms with E-state index in [9.17, 15) is 0 Å². The van der Waals surface area contributed by atoms with Crippen LogP contribution in [0, 0.1) is 0 Å². The molecule has 1 heterocycles. The van der Waals surface area contributed by atoms with Crippen LogP contribution in [0.1, 0.15) is 17.9 Å². The average molecular weight is 178 g/mol. The topological polar surface area (TPSA) is 58.3 Å². The summed E-state index contributed by atoms with van der Waals surface area (Å²) in [7, 11) is 0. The minimum absolute atomic E-state index is 0.237. The zero-order chi connectivity index (χ0) is 9.26. The average Bonchev–Trinajstić information content (AvgIpc) is 2.49. The van der Waals surface area contributed by atoms with Crippen LogP contribution in [0.4, 0.5) is 11.4 Å². The third-order valence-corrected chi connectivity index (χ3v) is 2.53. The van der Waals surface area contributed by atoms with E-state index in [0.29, 0.717) is 5.92 Å². The number of hydrogen-bond acceptors (Lipinski definition) is 3. The second kappa shape index (κ2) is 3.26. The van der Waals surface area contributed by atoms with Gasteiger partial charge in [-0.15, -0.1) is 0 Å². The molecule has 70 valence electrons. The van der Waals surface area contributed by atoms with Gasteiger partial charge in [-0.25, -0.2) is 0 Å². The number of anilines is 2. The molecule has 2 rings (SSSR count). The Kier molecular flexibility index (Phi) is 2.10. The van der Waals surface area contributed by atoms with Crippen molar-refractivity contribution in [1.82, 2.24) is 0 Å². The van der Waals surface area contributed by atoms with Gasteiger partial charge in [0, 0.05) is 30.4 Å². The first-order valence-electron chi connectivity index (χ1n) is 4.55. The van der Waals surface area contributed by atoms with E-state index in [1.807, 2.05) is 18.2 Å². The van der Waals surface area contributed by atoms with Crippen molar-refractivity contribution in [1.29, 1.82) is 0 Å². The highest BCUT2D eigenvalue weighted by Gasteiger charge is 2.21. The molecule has 0 saturated carbocycles. The van der Waals surface area contributed by atoms with Gasteiger partial charge in [-0.1, -0.05) is 0 Å². The van der Waals surface area contributed by atoms with E-state index in [0.717, 1.165) is 24.3 Å². The van der Waals surface area contributed by atoms with E-state index in [-0.39, 0.29) is 6.61 Å². The Hall–Kier alpha value is -1.22. The van der Waals surface area contributed by atoms with Gasteiger partial charge < -0.3 is 16.2 Å². The Labute approximate surface area is 77.6 Å². The van der Waals surface area contributed by atoms with Gasteiger partial charge in [0.1, 0.15) is 0 Å². The number of nitrogens with one attached hydrogen (secondary N) is 1. The summed E-state index contributed by atoms with van der Waals surface area (Å²) in [6, 6.07) is 5.89. The van der Waals surface area contributed by atoms with Gasteiger partial charge in [0.05, 0.1) is 0 Å². The summed E-state index contributed by atoms with van der Waals surface area (Å²) in [5.74, 6) is 0.420. The van der Waals surface area contributed by atoms with Crippen molar-refractivity contribution in [3.63, 3.8) is 0 Å². The molecule has 1 aliphatic rings. The number of aliphatic hydroxyl groups is 1. The van der Waals surface area contributed by atoms with E-state index >= 15 is 0 Å². The molecule has 1 unspecified atom stereocenters. The molecule has 0 radical (unpaired) electrons. The third kappa shape index (κ3) is 1.47. The molecule has 0 aliphatic carbocycles. The molecule has 0 amide bonds. The Morgan fingerprint density at radius 3 is 3.15 bits per heavy atom. The monoisotopic (exact) mass is 178 g/mol. The first-order chi connectivity index (χ1) is 6.31. The van der Waals surface area contributed by atoms with Crippen LogP contribution >= 0.6 is 0 Å². The maximum atomic E-state index is 8.86. The fourth-order valence-corrected chi connectivity index (χ4v) is 1.84. The molecule has 3 nitrogen and oxygen atoms in total. The highest BCUT2D eigenvalue weighted by Crippen LogP contribution is 2.34. The van der Waals surface area contributed by atoms with Crippen molar-refractivity contribution in [3.05, 3.63) is 23.8 Å². The van der Waals surface area contributed by atoms with Crippen LogP contribution in [-0.4, -0.2) is 18.3 Å². The van der Waals surface area contributed by atoms with Crippen molar-refractivity contribution < 1.29 is 5.11 Å². The smallest absolute Gasteiger partial charge is 0.0437 e. The lowest BCUT2D eigenvalue weighted by atomic mass is 9.98. The van der Waals surface area contributed by atoms with E-state index in [4.69, 9.17) is 10.8 Å². The van der Waals surface area contributed by atoms with Crippen molar-refractivity contribution in [2.24, 2.45) is 0 Å². The summed E-state index contributed by atoms with van der Waals surface area (Å²) >= 11 is 0. The predicted molar refractivity (Wildman–Crippen MR) is 53.8 cm³/mol. The van der Waals surface area contributed by atoms with Gasteiger partial charge in [0.15, 0.2) is 0 Å². The van der Waals surface area contributed by atoms with Gasteiger partial charge in [0.25, 0.3) is 0 Å². The van der Waals surface area contributed by atoms with Crippen LogP contribution in [0.3, 0.4) is 0 Å². The fourth-order valence-electron chi connectivity index (χ4n) is 1.84. The number of benzene rings is 1. The standard InChI is InChI=1S/C10H14N2O/c11-8-1-2-10-9(5-8)7(3-4-13)6-12-10/h1-2,5,7,12-13H,3-4,6,11H2. The zero-order valence-electron chi connectivity index (χ0n) is 7.46. The molecule has 0 saturated heterocycles. The summed E-state index contributed by atoms with van der Waals surface area (Å²) in [6.07, 6.45) is 0.809. The quantitative estimate of drug-likeness (QED) is 0.596. The zero-order valence-corrected chi connectivity index (χ0v) is 7.46. The first kappa shape index (κ1) is 8.38. The highest BCUT2D eigenvalue weighted by molar-refractivity contribution is 5.62. The summed E-state index contributed by atoms with van der Waals surface area (Å²) in [6.45, 7) is 1.15. The van der Waals surface area contributed by atoms with Gasteiger partial charge in [-0.05, 0) is 30.2 Å². The van der Waals surface area contributed by atoms with Crippen molar-refractivity contribution in [3.8, 4) is 0 Å². The lowest BCUT2D eigenvalue weighted by Gasteiger charge is -2.07. The molecular weight excluding hydrogens is 164 g/mol. The number of aliphatic hydroxyl groups excluding tert-OH is 1. The molecule has 0 spiro atoms. The maximum Gasteiger partial charge on any atom is 0.0437 e. The minimum Gasteiger partial charge on any atom is -0.399 e. The van der Waals surface area contributed by atoms with Gasteiger partial charge in [-0.3, -0.25) is 0 Å². The molecule has 0 fully saturated rings. The third-order valence-electron chi connectivity index (χ3n) is 2.53. The number of fused-ring (bicyclic) bond motifs is 1. The Bertz CT molecular complexity index is 310. The van der Waals surface area contributed by atoms with Crippen LogP contribution < -0.4 is 11.1 Å². The Balaban J connectivity index is 2.29. The van der Waals surface area contributed by atoms with E-state index in [2.05, 4.69) is 5.32 Å². The van der Waals surface area contributed by atoms with Gasteiger partial charge in [-0.2, -0.15) is 0 Å². The molecule has 1 aromatic rings. The molecule has 3 heteroatoms. The van der Waals surface area contributed by atoms with Gasteiger partial charge in [0.2, 0.25) is 0 Å². The van der Waals surface area contributed by atoms with Crippen LogP contribution in [0.5, 0.6) is 0 Å². The number of rotatable bonds is 2. The number of hydrogen-bond donors (Lipinski definition) is 3. The van der Waals surface area contributed by atoms with Gasteiger partial charge >= 0.3 is 0 Å². The summed E-state index contributed by atoms with van der Waals surface area (Å²) in [5.41, 5.74) is 8.90. The molecule has 1 atom stereocenters. The first-order valence-corrected chi connectivity index (χ1v) is 4.55. The van der Waals surface area contributed by atoms with Crippen molar-refractivity contribution in [2.75, 3.05) is 24.2 Å². The predicted octanol–water partition coefficient (Wildman–Crippen LogP) is 1.16. The second-order valence-corrected chi connectivity index (χ2v) is 3.44. The molecule has 0 aromatic heterocycles. The number of nitrogen functional groups attached to an aromatic ring is 1. The van der Waals surface area contributed by atoms with Crippen LogP contribution in [-0.2, 0) is 0 Å². The number of nitrogens with two attached hydrogens (primary N) is 1. The van der Waals surface area contributed by atoms with Crippen molar-refractivity contribution >= 4 is 11.4 Å². The van der Waals surface area contributed by atoms with Crippen LogP contribution in [0.25, 0.3) is 0 Å². The van der Waals surface area contributed by atoms with E-state index in [1.165, 1.54) is 5.56 Å². The van der Waals surface area contributed by atoms with E-state index < -0.39 is 0 Å². The molecule has 1 aliphatic heterocycles. The Morgan fingerprint density at radius 2 is 2.38 bits per heavy atom. The summed E-state index contributed by atoms with van der Waals surface area (Å²) in [4.78, 5) is 0. The maximum absolute atomic E-state index is 8.86. The second-order valence-electron chi connectivity index (χ2n) is 3.44.